The van der Waals surface area contributed by atoms with E-state index in [0.29, 0.717) is 21.8 Å². The molecular weight excluding hydrogens is 360 g/mol. The Morgan fingerprint density at radius 2 is 1.31 bits per heavy atom. The van der Waals surface area contributed by atoms with Gasteiger partial charge >= 0.3 is 8.74 Å². The van der Waals surface area contributed by atoms with E-state index in [1.807, 2.05) is 30.5 Å². The number of para-hydroxylation sites is 1. The summed E-state index contributed by atoms with van der Waals surface area (Å²) in [6.07, 6.45) is 1.87. The Morgan fingerprint density at radius 1 is 0.846 bits per heavy atom. The molecule has 0 aliphatic carbocycles. The zero-order valence-electron chi connectivity index (χ0n) is 17.8. The summed E-state index contributed by atoms with van der Waals surface area (Å²) in [6.45, 7) is 18.7. The molecule has 0 bridgehead atoms. The number of aromatic nitrogens is 1. The van der Waals surface area contributed by atoms with Crippen molar-refractivity contribution < 1.29 is 8.22 Å². The standard InChI is InChI=1S/C21H35F2NSi2/c1-15(2)25(16(3)4,17(5)6)24-14-20(26(22,23)21(7,8)9)18-12-10-11-13-19(18)24/h10-17H,1-9H3. The van der Waals surface area contributed by atoms with Crippen LogP contribution in [0.4, 0.5) is 8.22 Å². The molecule has 1 aromatic heterocycles. The Morgan fingerprint density at radius 3 is 1.73 bits per heavy atom. The van der Waals surface area contributed by atoms with Gasteiger partial charge in [0.05, 0.1) is 0 Å². The van der Waals surface area contributed by atoms with Gasteiger partial charge in [0.2, 0.25) is 0 Å². The first-order valence-corrected chi connectivity index (χ1v) is 13.7. The molecule has 2 aromatic rings. The van der Waals surface area contributed by atoms with Crippen LogP contribution in [0.15, 0.2) is 30.5 Å². The minimum absolute atomic E-state index is 0.319. The van der Waals surface area contributed by atoms with Crippen molar-refractivity contribution in [2.45, 2.75) is 84.0 Å². The number of rotatable bonds is 5. The third-order valence-electron chi connectivity index (χ3n) is 6.18. The van der Waals surface area contributed by atoms with E-state index in [1.165, 1.54) is 0 Å². The Kier molecular flexibility index (Phi) is 5.66. The molecule has 0 atom stereocenters. The third-order valence-corrected chi connectivity index (χ3v) is 15.9. The lowest BCUT2D eigenvalue weighted by Gasteiger charge is -2.44. The van der Waals surface area contributed by atoms with Gasteiger partial charge in [0, 0.05) is 27.3 Å². The molecule has 1 nitrogen and oxygen atoms in total. The molecule has 0 saturated heterocycles. The zero-order chi connectivity index (χ0) is 20.1. The van der Waals surface area contributed by atoms with Crippen molar-refractivity contribution in [2.75, 3.05) is 0 Å². The highest BCUT2D eigenvalue weighted by molar-refractivity contribution is 6.86. The van der Waals surface area contributed by atoms with E-state index in [2.05, 4.69) is 45.8 Å². The maximum Gasteiger partial charge on any atom is 0.462 e. The molecule has 0 amide bonds. The fourth-order valence-corrected chi connectivity index (χ4v) is 13.4. The van der Waals surface area contributed by atoms with E-state index in [1.54, 1.807) is 20.8 Å². The highest BCUT2D eigenvalue weighted by Crippen LogP contribution is 2.45. The highest BCUT2D eigenvalue weighted by Gasteiger charge is 2.53. The van der Waals surface area contributed by atoms with E-state index in [0.717, 1.165) is 10.9 Å². The quantitative estimate of drug-likeness (QED) is 0.377. The molecule has 26 heavy (non-hydrogen) atoms. The van der Waals surface area contributed by atoms with Gasteiger partial charge in [-0.05, 0) is 22.7 Å². The molecule has 5 heteroatoms. The largest absolute Gasteiger partial charge is 0.462 e. The number of halogens is 2. The van der Waals surface area contributed by atoms with Gasteiger partial charge in [-0.3, -0.25) is 8.22 Å². The van der Waals surface area contributed by atoms with Crippen molar-refractivity contribution in [3.8, 4) is 0 Å². The summed E-state index contributed by atoms with van der Waals surface area (Å²) in [5.74, 6) is 0. The van der Waals surface area contributed by atoms with Crippen molar-refractivity contribution in [1.29, 1.82) is 0 Å². The van der Waals surface area contributed by atoms with E-state index in [-0.39, 0.29) is 0 Å². The van der Waals surface area contributed by atoms with Crippen LogP contribution in [0.5, 0.6) is 0 Å². The normalized spacial score (nSPS) is 14.2. The van der Waals surface area contributed by atoms with Crippen molar-refractivity contribution in [2.24, 2.45) is 0 Å². The SMILES string of the molecule is CC(C)[Si](C(C)C)(C(C)C)n1cc([Si](F)(F)C(C)(C)C)c2ccccc21. The molecule has 2 rings (SSSR count). The smallest absolute Gasteiger partial charge is 0.373 e. The maximum atomic E-state index is 15.5. The number of fused-ring (bicyclic) bond motifs is 1. The summed E-state index contributed by atoms with van der Waals surface area (Å²) in [7, 11) is -6.69. The highest BCUT2D eigenvalue weighted by atomic mass is 28.4. The average molecular weight is 396 g/mol. The van der Waals surface area contributed by atoms with Gasteiger partial charge in [-0.15, -0.1) is 0 Å². The Balaban J connectivity index is 2.94. The minimum Gasteiger partial charge on any atom is -0.373 e. The number of hydrogen-bond acceptors (Lipinski definition) is 0. The topological polar surface area (TPSA) is 4.93 Å². The number of hydrogen-bond donors (Lipinski definition) is 0. The van der Waals surface area contributed by atoms with Crippen LogP contribution in [0.3, 0.4) is 0 Å². The first-order chi connectivity index (χ1) is 11.8. The summed E-state index contributed by atoms with van der Waals surface area (Å²) in [5, 5.41) is 0.0944. The van der Waals surface area contributed by atoms with E-state index >= 15 is 8.22 Å². The second-order valence-corrected chi connectivity index (χ2v) is 18.5. The van der Waals surface area contributed by atoms with Gasteiger partial charge in [-0.1, -0.05) is 80.5 Å². The molecule has 0 spiro atoms. The summed E-state index contributed by atoms with van der Waals surface area (Å²) in [6, 6.07) is 7.82. The molecule has 1 heterocycles. The molecular formula is C21H35F2NSi2. The van der Waals surface area contributed by atoms with Gasteiger partial charge < -0.3 is 4.23 Å². The Bertz CT molecular complexity index is 748. The van der Waals surface area contributed by atoms with E-state index in [9.17, 15) is 0 Å². The van der Waals surface area contributed by atoms with Crippen LogP contribution in [0.1, 0.15) is 62.3 Å². The summed E-state index contributed by atoms with van der Waals surface area (Å²) < 4.78 is 33.4. The molecule has 1 aromatic carbocycles. The fourth-order valence-electron chi connectivity index (χ4n) is 4.99. The second-order valence-electron chi connectivity index (χ2n) is 9.61. The lowest BCUT2D eigenvalue weighted by atomic mass is 10.2. The molecule has 0 unspecified atom stereocenters. The van der Waals surface area contributed by atoms with Gasteiger partial charge in [0.1, 0.15) is 0 Å². The van der Waals surface area contributed by atoms with Crippen molar-refractivity contribution in [3.63, 3.8) is 0 Å². The molecule has 0 aliphatic heterocycles. The van der Waals surface area contributed by atoms with Crippen LogP contribution in [-0.2, 0) is 0 Å². The Labute approximate surface area is 160 Å². The van der Waals surface area contributed by atoms with Crippen LogP contribution >= 0.6 is 0 Å². The summed E-state index contributed by atoms with van der Waals surface area (Å²) in [5.41, 5.74) is 2.41. The van der Waals surface area contributed by atoms with E-state index in [4.69, 9.17) is 0 Å². The van der Waals surface area contributed by atoms with E-state index < -0.39 is 22.0 Å². The minimum atomic E-state index is -4.61. The fraction of sp³-hybridized carbons (Fsp3) is 0.619. The first-order valence-electron chi connectivity index (χ1n) is 9.78. The maximum absolute atomic E-state index is 15.5. The zero-order valence-corrected chi connectivity index (χ0v) is 19.8. The lowest BCUT2D eigenvalue weighted by Crippen LogP contribution is -2.52. The van der Waals surface area contributed by atoms with Crippen LogP contribution in [0, 0.1) is 0 Å². The third kappa shape index (κ3) is 3.01. The molecule has 0 saturated carbocycles. The molecule has 0 N–H and O–H groups in total. The van der Waals surface area contributed by atoms with Gasteiger partial charge in [-0.25, -0.2) is 0 Å². The Hall–Kier alpha value is -0.946. The summed E-state index contributed by atoms with van der Waals surface area (Å²) >= 11 is 0. The number of nitrogens with zero attached hydrogens (tertiary/aromatic N) is 1. The van der Waals surface area contributed by atoms with Gasteiger partial charge in [0.25, 0.3) is 0 Å². The van der Waals surface area contributed by atoms with Crippen molar-refractivity contribution in [1.82, 2.24) is 4.23 Å². The van der Waals surface area contributed by atoms with Crippen molar-refractivity contribution in [3.05, 3.63) is 30.5 Å². The molecule has 0 radical (unpaired) electrons. The first kappa shape index (κ1) is 21.4. The number of benzene rings is 1. The van der Waals surface area contributed by atoms with Crippen LogP contribution in [0.25, 0.3) is 10.9 Å². The molecule has 0 aliphatic rings. The van der Waals surface area contributed by atoms with Crippen LogP contribution in [0.2, 0.25) is 21.7 Å². The van der Waals surface area contributed by atoms with Crippen LogP contribution in [-0.4, -0.2) is 21.2 Å². The van der Waals surface area contributed by atoms with Gasteiger partial charge in [-0.2, -0.15) is 0 Å². The average Bonchev–Trinajstić information content (AvgIpc) is 2.86. The lowest BCUT2D eigenvalue weighted by molar-refractivity contribution is 0.520. The van der Waals surface area contributed by atoms with Gasteiger partial charge in [0.15, 0.2) is 8.24 Å². The second kappa shape index (κ2) is 6.90. The molecule has 0 fully saturated rings. The predicted molar refractivity (Wildman–Crippen MR) is 116 cm³/mol. The van der Waals surface area contributed by atoms with Crippen molar-refractivity contribution >= 4 is 33.1 Å². The predicted octanol–water partition coefficient (Wildman–Crippen LogP) is 7.05. The van der Waals surface area contributed by atoms with Crippen LogP contribution < -0.4 is 5.19 Å². The molecule has 146 valence electrons. The summed E-state index contributed by atoms with van der Waals surface area (Å²) in [4.78, 5) is 0. The monoisotopic (exact) mass is 395 g/mol.